The number of hydrogen-bond donors (Lipinski definition) is 1. The Morgan fingerprint density at radius 1 is 1.54 bits per heavy atom. The van der Waals surface area contributed by atoms with E-state index in [0.717, 1.165) is 0 Å². The predicted octanol–water partition coefficient (Wildman–Crippen LogP) is 3.18. The maximum absolute atomic E-state index is 13.6. The number of terminal acetylenes is 1. The molecule has 8 heteroatoms. The molecular weight excluding hydrogens is 421 g/mol. The second kappa shape index (κ2) is 7.81. The van der Waals surface area contributed by atoms with Crippen molar-refractivity contribution in [3.63, 3.8) is 0 Å². The van der Waals surface area contributed by atoms with Crippen molar-refractivity contribution < 1.29 is 13.9 Å². The maximum atomic E-state index is 13.6. The van der Waals surface area contributed by atoms with Gasteiger partial charge in [0.1, 0.15) is 11.9 Å². The van der Waals surface area contributed by atoms with Gasteiger partial charge >= 0.3 is 5.97 Å². The average Bonchev–Trinajstić information content (AvgIpc) is 3.21. The third kappa shape index (κ3) is 3.41. The first-order valence-electron chi connectivity index (χ1n) is 7.47. The highest BCUT2D eigenvalue weighted by Gasteiger charge is 2.33. The molecule has 0 saturated heterocycles. The van der Waals surface area contributed by atoms with Gasteiger partial charge in [-0.25, -0.2) is 14.2 Å². The summed E-state index contributed by atoms with van der Waals surface area (Å²) in [6, 6.07) is 3.35. The molecule has 1 aliphatic rings. The second-order valence-electron chi connectivity index (χ2n) is 5.24. The number of nitrogens with zero attached hydrogens (tertiary/aromatic N) is 2. The van der Waals surface area contributed by atoms with E-state index >= 15 is 0 Å². The molecule has 26 heavy (non-hydrogen) atoms. The first kappa shape index (κ1) is 18.3. The van der Waals surface area contributed by atoms with Gasteiger partial charge in [0.2, 0.25) is 0 Å². The zero-order valence-electron chi connectivity index (χ0n) is 13.6. The summed E-state index contributed by atoms with van der Waals surface area (Å²) in [6.07, 6.45) is 7.21. The van der Waals surface area contributed by atoms with Crippen LogP contribution in [0, 0.1) is 18.2 Å². The Morgan fingerprint density at radius 2 is 2.35 bits per heavy atom. The number of halogens is 2. The van der Waals surface area contributed by atoms with Crippen LogP contribution in [0.4, 0.5) is 4.39 Å². The van der Waals surface area contributed by atoms with E-state index in [9.17, 15) is 9.18 Å². The van der Waals surface area contributed by atoms with E-state index in [4.69, 9.17) is 11.2 Å². The number of allylic oxidation sites excluding steroid dienone is 1. The molecule has 0 saturated carbocycles. The Morgan fingerprint density at radius 3 is 2.96 bits per heavy atom. The zero-order chi connectivity index (χ0) is 18.7. The summed E-state index contributed by atoms with van der Waals surface area (Å²) in [5.41, 5.74) is 1.78. The van der Waals surface area contributed by atoms with Crippen LogP contribution in [-0.4, -0.2) is 29.2 Å². The number of aliphatic imine (C=N–C) groups is 1. The van der Waals surface area contributed by atoms with Crippen LogP contribution in [0.1, 0.15) is 22.2 Å². The van der Waals surface area contributed by atoms with Crippen molar-refractivity contribution in [3.05, 3.63) is 63.0 Å². The molecule has 1 aromatic heterocycles. The van der Waals surface area contributed by atoms with Crippen LogP contribution in [0.5, 0.6) is 0 Å². The first-order valence-corrected chi connectivity index (χ1v) is 9.47. The van der Waals surface area contributed by atoms with Gasteiger partial charge in [-0.2, -0.15) is 0 Å². The Balaban J connectivity index is 2.21. The van der Waals surface area contributed by atoms with Gasteiger partial charge in [-0.3, -0.25) is 4.99 Å². The average molecular weight is 434 g/mol. The molecule has 0 amide bonds. The van der Waals surface area contributed by atoms with Crippen molar-refractivity contribution in [2.24, 2.45) is 4.99 Å². The summed E-state index contributed by atoms with van der Waals surface area (Å²) in [7, 11) is 1.30. The smallest absolute Gasteiger partial charge is 0.338 e. The summed E-state index contributed by atoms with van der Waals surface area (Å²) >= 11 is 4.79. The van der Waals surface area contributed by atoms with Crippen molar-refractivity contribution in [3.8, 4) is 12.3 Å². The third-order valence-corrected chi connectivity index (χ3v) is 5.11. The molecule has 3 rings (SSSR count). The molecule has 0 bridgehead atoms. The number of aromatic nitrogens is 1. The molecule has 1 atom stereocenters. The molecule has 132 valence electrons. The quantitative estimate of drug-likeness (QED) is 0.456. The van der Waals surface area contributed by atoms with Crippen LogP contribution >= 0.6 is 27.3 Å². The number of benzene rings is 1. The van der Waals surface area contributed by atoms with Crippen LogP contribution in [0.15, 0.2) is 46.0 Å². The van der Waals surface area contributed by atoms with Crippen LogP contribution < -0.4 is 5.32 Å². The minimum absolute atomic E-state index is 0.313. The number of thiazole rings is 1. The highest BCUT2D eigenvalue weighted by molar-refractivity contribution is 9.09. The highest BCUT2D eigenvalue weighted by Crippen LogP contribution is 2.35. The summed E-state index contributed by atoms with van der Waals surface area (Å²) in [5, 5.41) is 5.98. The number of carbonyl (C=O) groups excluding carboxylic acids is 1. The summed E-state index contributed by atoms with van der Waals surface area (Å²) in [5.74, 6) is 1.99. The number of carbonyl (C=O) groups is 1. The lowest BCUT2D eigenvalue weighted by atomic mass is 9.92. The molecule has 1 aromatic carbocycles. The minimum atomic E-state index is -0.734. The Bertz CT molecular complexity index is 948. The van der Waals surface area contributed by atoms with Crippen LogP contribution in [-0.2, 0) is 9.53 Å². The summed E-state index contributed by atoms with van der Waals surface area (Å²) < 4.78 is 18.5. The Hall–Kier alpha value is -2.50. The molecular formula is C18H13BrFN3O2S. The number of esters is 1. The monoisotopic (exact) mass is 433 g/mol. The van der Waals surface area contributed by atoms with Crippen LogP contribution in [0.25, 0.3) is 0 Å². The molecule has 0 radical (unpaired) electrons. The number of methoxy groups -OCH3 is 1. The maximum Gasteiger partial charge on any atom is 0.338 e. The number of nitrogens with one attached hydrogen (secondary N) is 1. The number of amidine groups is 1. The van der Waals surface area contributed by atoms with Crippen LogP contribution in [0.3, 0.4) is 0 Å². The molecule has 0 spiro atoms. The largest absolute Gasteiger partial charge is 0.466 e. The van der Waals surface area contributed by atoms with Crippen molar-refractivity contribution >= 4 is 39.1 Å². The summed E-state index contributed by atoms with van der Waals surface area (Å²) in [6.45, 7) is 0. The highest BCUT2D eigenvalue weighted by atomic mass is 79.9. The van der Waals surface area contributed by atoms with Gasteiger partial charge in [-0.15, -0.1) is 17.8 Å². The molecule has 1 N–H and O–H groups in total. The van der Waals surface area contributed by atoms with Gasteiger partial charge in [0.25, 0.3) is 0 Å². The topological polar surface area (TPSA) is 63.6 Å². The minimum Gasteiger partial charge on any atom is -0.466 e. The van der Waals surface area contributed by atoms with Gasteiger partial charge < -0.3 is 10.1 Å². The Labute approximate surface area is 162 Å². The normalized spacial score (nSPS) is 16.5. The van der Waals surface area contributed by atoms with Gasteiger partial charge in [0, 0.05) is 28.2 Å². The molecule has 0 aliphatic carbocycles. The zero-order valence-corrected chi connectivity index (χ0v) is 16.0. The first-order chi connectivity index (χ1) is 12.6. The SMILES string of the molecule is C#Cc1cc(F)ccc1[C@@H]1N=C(c2nccs2)NC(CBr)=C1C(=O)OC. The fraction of sp³-hybridized carbons (Fsp3) is 0.167. The lowest BCUT2D eigenvalue weighted by Crippen LogP contribution is -2.34. The van der Waals surface area contributed by atoms with Gasteiger partial charge in [-0.1, -0.05) is 27.9 Å². The molecule has 2 aromatic rings. The second-order valence-corrected chi connectivity index (χ2v) is 6.69. The molecule has 1 aliphatic heterocycles. The standard InChI is InChI=1S/C18H13BrFN3O2S/c1-3-10-8-11(20)4-5-12(10)15-14(18(24)25-2)13(9-19)22-16(23-15)17-21-6-7-26-17/h1,4-8,15H,9H2,2H3,(H,22,23)/t15-/m0/s1. The molecule has 0 fully saturated rings. The third-order valence-electron chi connectivity index (χ3n) is 3.77. The predicted molar refractivity (Wildman–Crippen MR) is 102 cm³/mol. The number of hydrogen-bond acceptors (Lipinski definition) is 6. The number of ether oxygens (including phenoxy) is 1. The van der Waals surface area contributed by atoms with E-state index in [-0.39, 0.29) is 0 Å². The Kier molecular flexibility index (Phi) is 5.49. The molecule has 2 heterocycles. The lowest BCUT2D eigenvalue weighted by Gasteiger charge is -2.26. The van der Waals surface area contributed by atoms with E-state index in [1.54, 1.807) is 6.20 Å². The van der Waals surface area contributed by atoms with Crippen molar-refractivity contribution in [2.75, 3.05) is 12.4 Å². The number of alkyl halides is 1. The molecule has 5 nitrogen and oxygen atoms in total. The van der Waals surface area contributed by atoms with Gasteiger partial charge in [0.15, 0.2) is 10.8 Å². The lowest BCUT2D eigenvalue weighted by molar-refractivity contribution is -0.136. The van der Waals surface area contributed by atoms with E-state index < -0.39 is 17.8 Å². The van der Waals surface area contributed by atoms with E-state index in [2.05, 4.69) is 37.1 Å². The van der Waals surface area contributed by atoms with Gasteiger partial charge in [-0.05, 0) is 17.7 Å². The van der Waals surface area contributed by atoms with Gasteiger partial charge in [0.05, 0.1) is 12.7 Å². The fourth-order valence-corrected chi connectivity index (χ4v) is 3.65. The van der Waals surface area contributed by atoms with Crippen molar-refractivity contribution in [1.29, 1.82) is 0 Å². The van der Waals surface area contributed by atoms with E-state index in [0.29, 0.717) is 38.6 Å². The van der Waals surface area contributed by atoms with Crippen LogP contribution in [0.2, 0.25) is 0 Å². The molecule has 0 unspecified atom stereocenters. The summed E-state index contributed by atoms with van der Waals surface area (Å²) in [4.78, 5) is 21.3. The van der Waals surface area contributed by atoms with E-state index in [1.807, 2.05) is 5.38 Å². The van der Waals surface area contributed by atoms with Crippen molar-refractivity contribution in [2.45, 2.75) is 6.04 Å². The van der Waals surface area contributed by atoms with Crippen molar-refractivity contribution in [1.82, 2.24) is 10.3 Å². The van der Waals surface area contributed by atoms with E-state index in [1.165, 1.54) is 36.6 Å². The fourth-order valence-electron chi connectivity index (χ4n) is 2.62. The number of rotatable bonds is 4.